The first-order chi connectivity index (χ1) is 14.5. The molecule has 0 aliphatic heterocycles. The highest BCUT2D eigenvalue weighted by Gasteiger charge is 2.18. The molecule has 0 heterocycles. The molecule has 0 spiro atoms. The number of hydrogen-bond acceptors (Lipinski definition) is 4. The molecule has 30 heavy (non-hydrogen) atoms. The van der Waals surface area contributed by atoms with Gasteiger partial charge < -0.3 is 10.1 Å². The Labute approximate surface area is 173 Å². The summed E-state index contributed by atoms with van der Waals surface area (Å²) >= 11 is 0. The van der Waals surface area contributed by atoms with Crippen molar-refractivity contribution in [2.75, 3.05) is 6.61 Å². The zero-order valence-electron chi connectivity index (χ0n) is 16.4. The summed E-state index contributed by atoms with van der Waals surface area (Å²) in [5, 5.41) is 13.6. The number of nitrogens with one attached hydrogen (secondary N) is 1. The Morgan fingerprint density at radius 1 is 1.07 bits per heavy atom. The minimum absolute atomic E-state index is 0.0616. The quantitative estimate of drug-likeness (QED) is 0.437. The molecule has 3 aromatic rings. The number of carbonyl (C=O) groups is 1. The number of amides is 1. The van der Waals surface area contributed by atoms with Crippen LogP contribution in [0.1, 0.15) is 29.7 Å². The minimum atomic E-state index is -0.542. The highest BCUT2D eigenvalue weighted by atomic mass is 19.1. The lowest BCUT2D eigenvalue weighted by atomic mass is 9.97. The van der Waals surface area contributed by atoms with Crippen LogP contribution in [0.3, 0.4) is 0 Å². The van der Waals surface area contributed by atoms with Crippen LogP contribution in [0.4, 0.5) is 10.1 Å². The lowest BCUT2D eigenvalue weighted by Crippen LogP contribution is -2.33. The second-order valence-corrected chi connectivity index (χ2v) is 6.69. The molecule has 0 saturated heterocycles. The fourth-order valence-electron chi connectivity index (χ4n) is 3.01. The van der Waals surface area contributed by atoms with Crippen LogP contribution in [0.25, 0.3) is 0 Å². The van der Waals surface area contributed by atoms with Crippen molar-refractivity contribution in [2.45, 2.75) is 19.4 Å². The number of hydrogen-bond donors (Lipinski definition) is 1. The summed E-state index contributed by atoms with van der Waals surface area (Å²) in [5.41, 5.74) is 2.53. The summed E-state index contributed by atoms with van der Waals surface area (Å²) in [6, 6.07) is 18.8. The molecule has 0 saturated carbocycles. The van der Waals surface area contributed by atoms with Crippen LogP contribution in [0, 0.1) is 15.9 Å². The van der Waals surface area contributed by atoms with Gasteiger partial charge in [0.15, 0.2) is 6.61 Å². The Morgan fingerprint density at radius 3 is 2.37 bits per heavy atom. The molecule has 0 aliphatic carbocycles. The van der Waals surface area contributed by atoms with Gasteiger partial charge in [-0.05, 0) is 47.4 Å². The van der Waals surface area contributed by atoms with Gasteiger partial charge in [0.05, 0.1) is 11.0 Å². The number of nitro benzene ring substituents is 1. The lowest BCUT2D eigenvalue weighted by molar-refractivity contribution is -0.384. The Balaban J connectivity index is 1.73. The van der Waals surface area contributed by atoms with E-state index in [4.69, 9.17) is 4.74 Å². The number of rotatable bonds is 8. The third kappa shape index (κ3) is 5.41. The van der Waals surface area contributed by atoms with Crippen molar-refractivity contribution in [2.24, 2.45) is 0 Å². The molecular formula is C23H21FN2O4. The predicted octanol–water partition coefficient (Wildman–Crippen LogP) is 4.58. The number of nitrogens with zero attached hydrogens (tertiary/aromatic N) is 1. The second-order valence-electron chi connectivity index (χ2n) is 6.69. The number of non-ortho nitro benzene ring substituents is 1. The summed E-state index contributed by atoms with van der Waals surface area (Å²) in [7, 11) is 0. The van der Waals surface area contributed by atoms with Gasteiger partial charge in [0.2, 0.25) is 0 Å². The van der Waals surface area contributed by atoms with Gasteiger partial charge in [-0.3, -0.25) is 14.9 Å². The van der Waals surface area contributed by atoms with Gasteiger partial charge in [-0.1, -0.05) is 43.3 Å². The third-order valence-corrected chi connectivity index (χ3v) is 4.63. The molecule has 154 valence electrons. The Bertz CT molecular complexity index is 1020. The van der Waals surface area contributed by atoms with E-state index >= 15 is 0 Å². The van der Waals surface area contributed by atoms with Gasteiger partial charge in [-0.25, -0.2) is 4.39 Å². The van der Waals surface area contributed by atoms with E-state index in [9.17, 15) is 19.3 Å². The maximum absolute atomic E-state index is 13.8. The van der Waals surface area contributed by atoms with Crippen molar-refractivity contribution in [3.63, 3.8) is 0 Å². The first kappa shape index (κ1) is 21.0. The SMILES string of the molecule is CCc1ccc(C(NC(=O)COc2ccc([N+](=O)[O-])cc2)c2cccc(F)c2)cc1. The van der Waals surface area contributed by atoms with Crippen LogP contribution in [0.5, 0.6) is 5.75 Å². The van der Waals surface area contributed by atoms with E-state index in [1.165, 1.54) is 36.4 Å². The smallest absolute Gasteiger partial charge is 0.269 e. The number of aryl methyl sites for hydroxylation is 1. The molecule has 1 N–H and O–H groups in total. The molecule has 6 nitrogen and oxygen atoms in total. The molecule has 0 bridgehead atoms. The molecular weight excluding hydrogens is 387 g/mol. The summed E-state index contributed by atoms with van der Waals surface area (Å²) in [6.07, 6.45) is 0.889. The van der Waals surface area contributed by atoms with E-state index in [1.807, 2.05) is 24.3 Å². The maximum atomic E-state index is 13.8. The summed E-state index contributed by atoms with van der Waals surface area (Å²) in [5.74, 6) is -0.452. The van der Waals surface area contributed by atoms with Crippen molar-refractivity contribution in [3.05, 3.63) is 105 Å². The highest BCUT2D eigenvalue weighted by Crippen LogP contribution is 2.24. The van der Waals surface area contributed by atoms with Gasteiger partial charge in [0.25, 0.3) is 11.6 Å². The van der Waals surface area contributed by atoms with Crippen LogP contribution in [-0.4, -0.2) is 17.4 Å². The normalized spacial score (nSPS) is 11.5. The van der Waals surface area contributed by atoms with E-state index in [2.05, 4.69) is 12.2 Å². The van der Waals surface area contributed by atoms with Crippen LogP contribution < -0.4 is 10.1 Å². The van der Waals surface area contributed by atoms with Gasteiger partial charge in [-0.2, -0.15) is 0 Å². The fraction of sp³-hybridized carbons (Fsp3) is 0.174. The fourth-order valence-corrected chi connectivity index (χ4v) is 3.01. The number of carbonyl (C=O) groups excluding carboxylic acids is 1. The second kappa shape index (κ2) is 9.65. The van der Waals surface area contributed by atoms with Gasteiger partial charge >= 0.3 is 0 Å². The first-order valence-corrected chi connectivity index (χ1v) is 9.47. The van der Waals surface area contributed by atoms with Crippen LogP contribution in [0.2, 0.25) is 0 Å². The monoisotopic (exact) mass is 408 g/mol. The predicted molar refractivity (Wildman–Crippen MR) is 111 cm³/mol. The van der Waals surface area contributed by atoms with Crippen LogP contribution >= 0.6 is 0 Å². The summed E-state index contributed by atoms with van der Waals surface area (Å²) < 4.78 is 19.2. The van der Waals surface area contributed by atoms with Gasteiger partial charge in [0.1, 0.15) is 11.6 Å². The average Bonchev–Trinajstić information content (AvgIpc) is 2.76. The highest BCUT2D eigenvalue weighted by molar-refractivity contribution is 5.78. The Hall–Kier alpha value is -3.74. The lowest BCUT2D eigenvalue weighted by Gasteiger charge is -2.20. The van der Waals surface area contributed by atoms with E-state index in [0.717, 1.165) is 17.5 Å². The molecule has 1 unspecified atom stereocenters. The van der Waals surface area contributed by atoms with E-state index in [-0.39, 0.29) is 18.1 Å². The Morgan fingerprint density at radius 2 is 1.77 bits per heavy atom. The number of halogens is 1. The zero-order chi connectivity index (χ0) is 21.5. The van der Waals surface area contributed by atoms with Crippen molar-refractivity contribution in [1.29, 1.82) is 0 Å². The third-order valence-electron chi connectivity index (χ3n) is 4.63. The first-order valence-electron chi connectivity index (χ1n) is 9.47. The molecule has 3 rings (SSSR count). The van der Waals surface area contributed by atoms with Crippen LogP contribution in [0.15, 0.2) is 72.8 Å². The molecule has 7 heteroatoms. The molecule has 1 atom stereocenters. The van der Waals surface area contributed by atoms with Crippen molar-refractivity contribution >= 4 is 11.6 Å². The topological polar surface area (TPSA) is 81.5 Å². The van der Waals surface area contributed by atoms with Crippen LogP contribution in [-0.2, 0) is 11.2 Å². The van der Waals surface area contributed by atoms with Gasteiger partial charge in [0, 0.05) is 12.1 Å². The molecule has 3 aromatic carbocycles. The summed E-state index contributed by atoms with van der Waals surface area (Å²) in [4.78, 5) is 22.7. The Kier molecular flexibility index (Phi) is 6.75. The van der Waals surface area contributed by atoms with Crippen molar-refractivity contribution < 1.29 is 18.8 Å². The largest absolute Gasteiger partial charge is 0.484 e. The molecule has 0 radical (unpaired) electrons. The average molecular weight is 408 g/mol. The molecule has 0 fully saturated rings. The standard InChI is InChI=1S/C23H21FN2O4/c1-2-16-6-8-17(9-7-16)23(18-4-3-5-19(24)14-18)25-22(27)15-30-21-12-10-20(11-13-21)26(28)29/h3-14,23H,2,15H2,1H3,(H,25,27). The summed E-state index contributed by atoms with van der Waals surface area (Å²) in [6.45, 7) is 1.77. The van der Waals surface area contributed by atoms with E-state index in [1.54, 1.807) is 12.1 Å². The number of nitro groups is 1. The minimum Gasteiger partial charge on any atom is -0.484 e. The van der Waals surface area contributed by atoms with E-state index < -0.39 is 16.9 Å². The molecule has 0 aromatic heterocycles. The number of benzene rings is 3. The van der Waals surface area contributed by atoms with Crippen molar-refractivity contribution in [1.82, 2.24) is 5.32 Å². The number of ether oxygens (including phenoxy) is 1. The molecule has 1 amide bonds. The van der Waals surface area contributed by atoms with Crippen molar-refractivity contribution in [3.8, 4) is 5.75 Å². The maximum Gasteiger partial charge on any atom is 0.269 e. The molecule has 0 aliphatic rings. The zero-order valence-corrected chi connectivity index (χ0v) is 16.4. The van der Waals surface area contributed by atoms with E-state index in [0.29, 0.717) is 11.3 Å². The van der Waals surface area contributed by atoms with Gasteiger partial charge in [-0.15, -0.1) is 0 Å².